The van der Waals surface area contributed by atoms with Crippen LogP contribution in [0, 0.1) is 0 Å². The van der Waals surface area contributed by atoms with Crippen molar-refractivity contribution in [2.45, 2.75) is 0 Å². The molecule has 2 aromatic rings. The molecule has 0 saturated heterocycles. The molecular weight excluding hydrogens is 190 g/mol. The molecule has 0 aliphatic heterocycles. The van der Waals surface area contributed by atoms with Crippen LogP contribution in [0.3, 0.4) is 0 Å². The van der Waals surface area contributed by atoms with Crippen LogP contribution in [-0.4, -0.2) is 16.3 Å². The minimum absolute atomic E-state index is 0.409. The number of aromatic nitrogens is 2. The Morgan fingerprint density at radius 1 is 1.27 bits per heavy atom. The van der Waals surface area contributed by atoms with Gasteiger partial charge in [-0.2, -0.15) is 0 Å². The van der Waals surface area contributed by atoms with Gasteiger partial charge >= 0.3 is 0 Å². The van der Waals surface area contributed by atoms with Gasteiger partial charge in [0.2, 0.25) is 0 Å². The zero-order chi connectivity index (χ0) is 10.7. The van der Waals surface area contributed by atoms with E-state index in [4.69, 9.17) is 5.73 Å². The van der Waals surface area contributed by atoms with Gasteiger partial charge in [0.1, 0.15) is 5.82 Å². The fraction of sp³-hybridized carbons (Fsp3) is 0. The van der Waals surface area contributed by atoms with Crippen molar-refractivity contribution in [2.24, 2.45) is 0 Å². The minimum Gasteiger partial charge on any atom is -0.383 e. The van der Waals surface area contributed by atoms with E-state index in [2.05, 4.69) is 9.97 Å². The summed E-state index contributed by atoms with van der Waals surface area (Å²) in [6.07, 6.45) is 5.54. The lowest BCUT2D eigenvalue weighted by atomic mass is 10.1. The normalized spacial score (nSPS) is 9.87. The van der Waals surface area contributed by atoms with Crippen LogP contribution in [0.5, 0.6) is 0 Å². The molecule has 0 radical (unpaired) electrons. The Morgan fingerprint density at radius 2 is 2.00 bits per heavy atom. The number of nitrogens with zero attached hydrogens (tertiary/aromatic N) is 2. The Balaban J connectivity index is 2.57. The number of nitrogen functional groups attached to an aromatic ring is 1. The Hall–Kier alpha value is -2.23. The number of pyridine rings is 2. The highest BCUT2D eigenvalue weighted by Crippen LogP contribution is 2.23. The molecule has 2 N–H and O–H groups in total. The number of hydrogen-bond donors (Lipinski definition) is 1. The van der Waals surface area contributed by atoms with Crippen molar-refractivity contribution in [3.8, 4) is 11.1 Å². The first-order valence-electron chi connectivity index (χ1n) is 4.42. The second-order valence-corrected chi connectivity index (χ2v) is 3.06. The highest BCUT2D eigenvalue weighted by molar-refractivity contribution is 5.82. The van der Waals surface area contributed by atoms with Crippen molar-refractivity contribution < 1.29 is 4.79 Å². The van der Waals surface area contributed by atoms with Crippen molar-refractivity contribution in [3.05, 3.63) is 42.4 Å². The first kappa shape index (κ1) is 9.33. The average molecular weight is 199 g/mol. The van der Waals surface area contributed by atoms with E-state index in [-0.39, 0.29) is 0 Å². The largest absolute Gasteiger partial charge is 0.383 e. The smallest absolute Gasteiger partial charge is 0.151 e. The minimum atomic E-state index is 0.409. The fourth-order valence-electron chi connectivity index (χ4n) is 1.32. The van der Waals surface area contributed by atoms with Gasteiger partial charge in [0.25, 0.3) is 0 Å². The Labute approximate surface area is 86.8 Å². The zero-order valence-corrected chi connectivity index (χ0v) is 7.92. The van der Waals surface area contributed by atoms with Gasteiger partial charge in [-0.25, -0.2) is 4.98 Å². The average Bonchev–Trinajstić information content (AvgIpc) is 2.31. The van der Waals surface area contributed by atoms with Crippen molar-refractivity contribution in [3.63, 3.8) is 0 Å². The van der Waals surface area contributed by atoms with Gasteiger partial charge in [-0.1, -0.05) is 0 Å². The molecule has 0 aliphatic rings. The lowest BCUT2D eigenvalue weighted by molar-refractivity contribution is 0.112. The van der Waals surface area contributed by atoms with Gasteiger partial charge < -0.3 is 5.73 Å². The van der Waals surface area contributed by atoms with Crippen molar-refractivity contribution in [1.82, 2.24) is 9.97 Å². The Bertz CT molecular complexity index is 482. The van der Waals surface area contributed by atoms with Gasteiger partial charge in [0.15, 0.2) is 6.29 Å². The maximum atomic E-state index is 10.6. The summed E-state index contributed by atoms with van der Waals surface area (Å²) in [6, 6.07) is 5.36. The molecule has 0 saturated carbocycles. The summed E-state index contributed by atoms with van der Waals surface area (Å²) >= 11 is 0. The molecule has 4 nitrogen and oxygen atoms in total. The molecule has 15 heavy (non-hydrogen) atoms. The number of carbonyl (C=O) groups is 1. The number of hydrogen-bond acceptors (Lipinski definition) is 4. The third-order valence-corrected chi connectivity index (χ3v) is 2.07. The van der Waals surface area contributed by atoms with E-state index in [0.29, 0.717) is 11.4 Å². The molecule has 0 aromatic carbocycles. The summed E-state index contributed by atoms with van der Waals surface area (Å²) in [6.45, 7) is 0. The maximum absolute atomic E-state index is 10.6. The molecule has 0 amide bonds. The van der Waals surface area contributed by atoms with Gasteiger partial charge in [0.05, 0.1) is 0 Å². The highest BCUT2D eigenvalue weighted by Gasteiger charge is 2.04. The van der Waals surface area contributed by atoms with Gasteiger partial charge in [0, 0.05) is 29.7 Å². The third-order valence-electron chi connectivity index (χ3n) is 2.07. The van der Waals surface area contributed by atoms with E-state index < -0.39 is 0 Å². The van der Waals surface area contributed by atoms with E-state index in [9.17, 15) is 4.79 Å². The molecule has 0 unspecified atom stereocenters. The van der Waals surface area contributed by atoms with Gasteiger partial charge in [-0.3, -0.25) is 9.78 Å². The summed E-state index contributed by atoms with van der Waals surface area (Å²) in [5, 5.41) is 0. The summed E-state index contributed by atoms with van der Waals surface area (Å²) in [7, 11) is 0. The second-order valence-electron chi connectivity index (χ2n) is 3.06. The molecule has 0 atom stereocenters. The lowest BCUT2D eigenvalue weighted by Crippen LogP contribution is -1.96. The van der Waals surface area contributed by atoms with Crippen LogP contribution in [0.25, 0.3) is 11.1 Å². The second kappa shape index (κ2) is 3.88. The van der Waals surface area contributed by atoms with Crippen LogP contribution >= 0.6 is 0 Å². The van der Waals surface area contributed by atoms with E-state index in [1.54, 1.807) is 18.5 Å². The van der Waals surface area contributed by atoms with Crippen LogP contribution in [0.15, 0.2) is 36.8 Å². The number of rotatable bonds is 2. The van der Waals surface area contributed by atoms with Crippen molar-refractivity contribution in [1.29, 1.82) is 0 Å². The van der Waals surface area contributed by atoms with Crippen LogP contribution in [-0.2, 0) is 0 Å². The molecule has 0 fully saturated rings. The van der Waals surface area contributed by atoms with Crippen molar-refractivity contribution >= 4 is 12.1 Å². The van der Waals surface area contributed by atoms with Crippen LogP contribution in [0.1, 0.15) is 10.4 Å². The predicted molar refractivity (Wildman–Crippen MR) is 57.3 cm³/mol. The molecule has 0 bridgehead atoms. The van der Waals surface area contributed by atoms with E-state index in [1.807, 2.05) is 12.1 Å². The van der Waals surface area contributed by atoms with Gasteiger partial charge in [-0.05, 0) is 23.8 Å². The summed E-state index contributed by atoms with van der Waals surface area (Å²) in [5.41, 5.74) is 7.89. The molecular formula is C11H9N3O. The van der Waals surface area contributed by atoms with Crippen LogP contribution in [0.4, 0.5) is 5.82 Å². The Morgan fingerprint density at radius 3 is 2.67 bits per heavy atom. The molecule has 2 rings (SSSR count). The van der Waals surface area contributed by atoms with Crippen molar-refractivity contribution in [2.75, 3.05) is 5.73 Å². The standard InChI is InChI=1S/C11H9N3O/c12-11-10(5-8(7-15)6-14-11)9-1-3-13-4-2-9/h1-7H,(H2,12,14). The summed E-state index contributed by atoms with van der Waals surface area (Å²) < 4.78 is 0. The summed E-state index contributed by atoms with van der Waals surface area (Å²) in [4.78, 5) is 18.5. The molecule has 74 valence electrons. The van der Waals surface area contributed by atoms with E-state index in [0.717, 1.165) is 17.4 Å². The zero-order valence-electron chi connectivity index (χ0n) is 7.92. The number of anilines is 1. The van der Waals surface area contributed by atoms with Crippen LogP contribution < -0.4 is 5.73 Å². The van der Waals surface area contributed by atoms with Gasteiger partial charge in [-0.15, -0.1) is 0 Å². The molecule has 0 spiro atoms. The number of nitrogens with two attached hydrogens (primary N) is 1. The summed E-state index contributed by atoms with van der Waals surface area (Å²) in [5.74, 6) is 0.409. The molecule has 0 aliphatic carbocycles. The molecule has 2 heterocycles. The van der Waals surface area contributed by atoms with E-state index in [1.165, 1.54) is 6.20 Å². The predicted octanol–water partition coefficient (Wildman–Crippen LogP) is 1.54. The fourth-order valence-corrected chi connectivity index (χ4v) is 1.32. The highest BCUT2D eigenvalue weighted by atomic mass is 16.1. The van der Waals surface area contributed by atoms with Crippen LogP contribution in [0.2, 0.25) is 0 Å². The first-order chi connectivity index (χ1) is 7.31. The maximum Gasteiger partial charge on any atom is 0.151 e. The SMILES string of the molecule is Nc1ncc(C=O)cc1-c1ccncc1. The molecule has 4 heteroatoms. The van der Waals surface area contributed by atoms with E-state index >= 15 is 0 Å². The Kier molecular flexibility index (Phi) is 2.41. The topological polar surface area (TPSA) is 68.9 Å². The quantitative estimate of drug-likeness (QED) is 0.745. The first-order valence-corrected chi connectivity index (χ1v) is 4.42. The molecule has 2 aromatic heterocycles. The monoisotopic (exact) mass is 199 g/mol. The third kappa shape index (κ3) is 1.83. The number of aldehydes is 1. The lowest BCUT2D eigenvalue weighted by Gasteiger charge is -2.04. The number of carbonyl (C=O) groups excluding carboxylic acids is 1.